The third-order valence-electron chi connectivity index (χ3n) is 9.81. The number of rotatable bonds is 3. The molecule has 0 saturated carbocycles. The molecule has 1 aromatic heterocycles. The van der Waals surface area contributed by atoms with Crippen molar-refractivity contribution < 1.29 is 96.3 Å². The Hall–Kier alpha value is -8.74. The molecule has 0 unspecified atom stereocenters. The van der Waals surface area contributed by atoms with Crippen LogP contribution in [-0.2, 0) is 0 Å². The minimum absolute atomic E-state index is 0.0621. The summed E-state index contributed by atoms with van der Waals surface area (Å²) in [5, 5.41) is 190. The quantitative estimate of drug-likeness (QED) is 0.0589. The predicted octanol–water partition coefficient (Wildman–Crippen LogP) is 5.59. The standard InChI is InChI=1S/C38H24O19/c39-11-6-12(40)22(42)17-13(18-19(25(45)30(50)29(49)24(18)44)16(15(11)17)20-26(46)31(51)33(53)32(52)27(20)47)8-3-1-7(2-4-8)9-5-10-14-23(43)28(48)34(54)36(56)38(14)57-37(10)35(55)21(9)41/h1-6,39-56H. The molecule has 8 rings (SSSR count). The van der Waals surface area contributed by atoms with E-state index in [0.29, 0.717) is 6.07 Å². The molecule has 7 aromatic carbocycles. The highest BCUT2D eigenvalue weighted by molar-refractivity contribution is 6.29. The van der Waals surface area contributed by atoms with E-state index in [9.17, 15) is 91.9 Å². The van der Waals surface area contributed by atoms with Crippen molar-refractivity contribution in [1.29, 1.82) is 0 Å². The normalized spacial score (nSPS) is 11.7. The second-order valence-electron chi connectivity index (χ2n) is 12.8. The molecule has 19 heteroatoms. The first kappa shape index (κ1) is 35.3. The molecular weight excluding hydrogens is 760 g/mol. The van der Waals surface area contributed by atoms with Crippen molar-refractivity contribution in [3.05, 3.63) is 36.4 Å². The smallest absolute Gasteiger partial charge is 0.208 e. The van der Waals surface area contributed by atoms with Gasteiger partial charge in [0, 0.05) is 49.7 Å². The summed E-state index contributed by atoms with van der Waals surface area (Å²) in [6.07, 6.45) is 0. The maximum atomic E-state index is 11.4. The lowest BCUT2D eigenvalue weighted by atomic mass is 9.83. The Bertz CT molecular complexity index is 3120. The van der Waals surface area contributed by atoms with Crippen LogP contribution in [0.2, 0.25) is 0 Å². The van der Waals surface area contributed by atoms with Crippen molar-refractivity contribution in [2.45, 2.75) is 0 Å². The fraction of sp³-hybridized carbons (Fsp3) is 0. The van der Waals surface area contributed by atoms with Crippen LogP contribution in [0.4, 0.5) is 0 Å². The molecule has 0 atom stereocenters. The van der Waals surface area contributed by atoms with Crippen LogP contribution >= 0.6 is 0 Å². The maximum Gasteiger partial charge on any atom is 0.208 e. The topological polar surface area (TPSA) is 377 Å². The van der Waals surface area contributed by atoms with Crippen LogP contribution in [0.15, 0.2) is 40.8 Å². The minimum atomic E-state index is -1.44. The average molecular weight is 785 g/mol. The van der Waals surface area contributed by atoms with Gasteiger partial charge < -0.3 is 96.3 Å². The maximum absolute atomic E-state index is 11.4. The third-order valence-corrected chi connectivity index (χ3v) is 9.81. The Morgan fingerprint density at radius 2 is 0.702 bits per heavy atom. The van der Waals surface area contributed by atoms with E-state index in [0.717, 1.165) is 0 Å². The first-order valence-corrected chi connectivity index (χ1v) is 15.9. The van der Waals surface area contributed by atoms with E-state index in [1.165, 1.54) is 30.3 Å². The van der Waals surface area contributed by atoms with Crippen molar-refractivity contribution in [3.63, 3.8) is 0 Å². The SMILES string of the molecule is Oc1cc(O)c2c(-c3c(O)c(O)c(O)c(O)c3O)c3c(O)c(O)c(O)c(O)c3c(-c3ccc(-c4cc5c(oc6c(O)c(O)c(O)c(O)c65)c(O)c4O)cc3)c2c1O. The number of aromatic hydroxyl groups is 18. The lowest BCUT2D eigenvalue weighted by molar-refractivity contribution is 0.330. The summed E-state index contributed by atoms with van der Waals surface area (Å²) in [5.74, 6) is -21.3. The molecule has 0 saturated heterocycles. The van der Waals surface area contributed by atoms with Gasteiger partial charge in [0.1, 0.15) is 5.75 Å². The molecule has 1 heterocycles. The Morgan fingerprint density at radius 3 is 1.26 bits per heavy atom. The van der Waals surface area contributed by atoms with E-state index in [1.54, 1.807) is 0 Å². The summed E-state index contributed by atoms with van der Waals surface area (Å²) >= 11 is 0. The van der Waals surface area contributed by atoms with Crippen LogP contribution in [0.25, 0.3) is 76.9 Å². The number of benzene rings is 7. The highest BCUT2D eigenvalue weighted by Gasteiger charge is 2.35. The molecule has 8 aromatic rings. The first-order chi connectivity index (χ1) is 26.8. The fourth-order valence-electron chi connectivity index (χ4n) is 7.13. The molecule has 0 spiro atoms. The van der Waals surface area contributed by atoms with E-state index in [-0.39, 0.29) is 27.5 Å². The number of phenolic OH excluding ortho intramolecular Hbond substituents is 18. The molecule has 0 aliphatic carbocycles. The van der Waals surface area contributed by atoms with Crippen molar-refractivity contribution >= 4 is 43.5 Å². The van der Waals surface area contributed by atoms with Crippen molar-refractivity contribution in [2.75, 3.05) is 0 Å². The summed E-state index contributed by atoms with van der Waals surface area (Å²) in [6, 6.07) is 6.71. The van der Waals surface area contributed by atoms with Crippen LogP contribution in [0, 0.1) is 0 Å². The molecule has 19 nitrogen and oxygen atoms in total. The number of fused-ring (bicyclic) bond motifs is 5. The van der Waals surface area contributed by atoms with E-state index in [4.69, 9.17) is 4.42 Å². The summed E-state index contributed by atoms with van der Waals surface area (Å²) in [4.78, 5) is 0. The van der Waals surface area contributed by atoms with E-state index < -0.39 is 153 Å². The largest absolute Gasteiger partial charge is 0.507 e. The number of hydrogen-bond donors (Lipinski definition) is 18. The predicted molar refractivity (Wildman–Crippen MR) is 195 cm³/mol. The van der Waals surface area contributed by atoms with Gasteiger partial charge in [0.2, 0.25) is 51.7 Å². The van der Waals surface area contributed by atoms with Crippen LogP contribution in [-0.4, -0.2) is 91.9 Å². The molecule has 0 amide bonds. The van der Waals surface area contributed by atoms with Crippen molar-refractivity contribution in [1.82, 2.24) is 0 Å². The van der Waals surface area contributed by atoms with Crippen LogP contribution in [0.3, 0.4) is 0 Å². The third kappa shape index (κ3) is 4.35. The van der Waals surface area contributed by atoms with Gasteiger partial charge in [0.25, 0.3) is 0 Å². The molecule has 0 aliphatic rings. The zero-order valence-electron chi connectivity index (χ0n) is 27.9. The summed E-state index contributed by atoms with van der Waals surface area (Å²) < 4.78 is 5.40. The van der Waals surface area contributed by atoms with Gasteiger partial charge in [0.15, 0.2) is 57.2 Å². The van der Waals surface area contributed by atoms with Gasteiger partial charge in [-0.3, -0.25) is 0 Å². The minimum Gasteiger partial charge on any atom is -0.507 e. The fourth-order valence-corrected chi connectivity index (χ4v) is 7.13. The van der Waals surface area contributed by atoms with Gasteiger partial charge in [-0.15, -0.1) is 0 Å². The summed E-state index contributed by atoms with van der Waals surface area (Å²) in [7, 11) is 0. The highest BCUT2D eigenvalue weighted by atomic mass is 16.4. The zero-order valence-corrected chi connectivity index (χ0v) is 27.9. The van der Waals surface area contributed by atoms with Gasteiger partial charge >= 0.3 is 0 Å². The number of furan rings is 1. The van der Waals surface area contributed by atoms with Gasteiger partial charge in [-0.2, -0.15) is 0 Å². The highest BCUT2D eigenvalue weighted by Crippen LogP contribution is 2.64. The van der Waals surface area contributed by atoms with E-state index >= 15 is 0 Å². The van der Waals surface area contributed by atoms with Gasteiger partial charge in [-0.1, -0.05) is 24.3 Å². The Balaban J connectivity index is 1.49. The Labute approximate surface area is 312 Å². The summed E-state index contributed by atoms with van der Waals surface area (Å²) in [6.45, 7) is 0. The molecule has 0 radical (unpaired) electrons. The lowest BCUT2D eigenvalue weighted by Gasteiger charge is -2.23. The molecule has 0 aliphatic heterocycles. The van der Waals surface area contributed by atoms with Crippen LogP contribution < -0.4 is 0 Å². The Morgan fingerprint density at radius 1 is 0.281 bits per heavy atom. The summed E-state index contributed by atoms with van der Waals surface area (Å²) in [5.41, 5.74) is -3.65. The second kappa shape index (κ2) is 11.4. The number of phenols is 18. The lowest BCUT2D eigenvalue weighted by Crippen LogP contribution is -1.95. The van der Waals surface area contributed by atoms with Crippen molar-refractivity contribution in [3.8, 4) is 137 Å². The first-order valence-electron chi connectivity index (χ1n) is 15.9. The molecule has 0 fully saturated rings. The van der Waals surface area contributed by atoms with Crippen LogP contribution in [0.5, 0.6) is 103 Å². The van der Waals surface area contributed by atoms with E-state index in [2.05, 4.69) is 0 Å². The zero-order chi connectivity index (χ0) is 41.4. The monoisotopic (exact) mass is 784 g/mol. The van der Waals surface area contributed by atoms with Crippen LogP contribution in [0.1, 0.15) is 0 Å². The second-order valence-corrected chi connectivity index (χ2v) is 12.8. The number of hydrogen-bond acceptors (Lipinski definition) is 19. The molecule has 290 valence electrons. The Kier molecular flexibility index (Phi) is 7.05. The van der Waals surface area contributed by atoms with Gasteiger partial charge in [-0.05, 0) is 17.2 Å². The molecule has 0 bridgehead atoms. The van der Waals surface area contributed by atoms with Gasteiger partial charge in [0.05, 0.1) is 10.9 Å². The average Bonchev–Trinajstić information content (AvgIpc) is 3.59. The molecule has 18 N–H and O–H groups in total. The molecular formula is C38H24O19. The van der Waals surface area contributed by atoms with Crippen molar-refractivity contribution in [2.24, 2.45) is 0 Å². The molecule has 57 heavy (non-hydrogen) atoms. The van der Waals surface area contributed by atoms with E-state index in [1.807, 2.05) is 0 Å². The van der Waals surface area contributed by atoms with Gasteiger partial charge in [-0.25, -0.2) is 0 Å².